The minimum absolute atomic E-state index is 0.0595. The van der Waals surface area contributed by atoms with E-state index in [1.807, 2.05) is 60.5 Å². The van der Waals surface area contributed by atoms with Gasteiger partial charge >= 0.3 is 0 Å². The van der Waals surface area contributed by atoms with Crippen molar-refractivity contribution in [3.8, 4) is 5.75 Å². The number of para-hydroxylation sites is 1. The van der Waals surface area contributed by atoms with Crippen LogP contribution in [0.5, 0.6) is 5.75 Å². The van der Waals surface area contributed by atoms with Crippen LogP contribution in [0.15, 0.2) is 54.7 Å². The Balaban J connectivity index is 1.74. The number of carbonyl (C=O) groups is 2. The van der Waals surface area contributed by atoms with Crippen molar-refractivity contribution in [1.82, 2.24) is 14.8 Å². The molecule has 2 aromatic carbocycles. The molecule has 0 aliphatic heterocycles. The first-order chi connectivity index (χ1) is 16.5. The van der Waals surface area contributed by atoms with Gasteiger partial charge in [0.15, 0.2) is 0 Å². The Labute approximate surface area is 201 Å². The fourth-order valence-corrected chi connectivity index (χ4v) is 3.97. The maximum Gasteiger partial charge on any atom is 0.242 e. The third-order valence-electron chi connectivity index (χ3n) is 5.83. The second-order valence-electron chi connectivity index (χ2n) is 8.29. The topological polar surface area (TPSA) is 74.9 Å². The maximum absolute atomic E-state index is 13.4. The van der Waals surface area contributed by atoms with Crippen LogP contribution in [-0.2, 0) is 27.3 Å². The summed E-state index contributed by atoms with van der Waals surface area (Å²) in [6, 6.07) is 16.0. The number of aromatic amines is 1. The number of rotatable bonds is 13. The zero-order chi connectivity index (χ0) is 24.3. The average Bonchev–Trinajstić information content (AvgIpc) is 3.25. The summed E-state index contributed by atoms with van der Waals surface area (Å²) in [4.78, 5) is 32.2. The Morgan fingerprint density at radius 1 is 1.00 bits per heavy atom. The summed E-state index contributed by atoms with van der Waals surface area (Å²) in [5.74, 6) is 0.632. The van der Waals surface area contributed by atoms with Crippen LogP contribution in [0.2, 0.25) is 0 Å². The van der Waals surface area contributed by atoms with Crippen LogP contribution in [0, 0.1) is 0 Å². The lowest BCUT2D eigenvalue weighted by atomic mass is 10.1. The normalized spacial score (nSPS) is 10.9. The first-order valence-electron chi connectivity index (χ1n) is 11.8. The van der Waals surface area contributed by atoms with E-state index in [1.165, 1.54) is 17.9 Å². The van der Waals surface area contributed by atoms with Crippen molar-refractivity contribution < 1.29 is 19.1 Å². The summed E-state index contributed by atoms with van der Waals surface area (Å²) in [5.41, 5.74) is 3.27. The highest BCUT2D eigenvalue weighted by Crippen LogP contribution is 2.19. The van der Waals surface area contributed by atoms with Crippen molar-refractivity contribution in [2.75, 3.05) is 40.0 Å². The van der Waals surface area contributed by atoms with Gasteiger partial charge in [-0.15, -0.1) is 0 Å². The molecule has 0 spiro atoms. The molecule has 0 atom stereocenters. The van der Waals surface area contributed by atoms with Gasteiger partial charge in [-0.2, -0.15) is 0 Å². The summed E-state index contributed by atoms with van der Waals surface area (Å²) in [5, 5.41) is 1.17. The first kappa shape index (κ1) is 25.3. The van der Waals surface area contributed by atoms with Crippen LogP contribution in [0.3, 0.4) is 0 Å². The van der Waals surface area contributed by atoms with E-state index in [9.17, 15) is 9.59 Å². The molecule has 7 heteroatoms. The summed E-state index contributed by atoms with van der Waals surface area (Å²) < 4.78 is 10.6. The van der Waals surface area contributed by atoms with Gasteiger partial charge in [-0.05, 0) is 49.1 Å². The van der Waals surface area contributed by atoms with Gasteiger partial charge < -0.3 is 24.3 Å². The van der Waals surface area contributed by atoms with E-state index in [1.54, 1.807) is 12.0 Å². The van der Waals surface area contributed by atoms with Crippen molar-refractivity contribution in [3.05, 3.63) is 65.9 Å². The highest BCUT2D eigenvalue weighted by molar-refractivity contribution is 5.84. The van der Waals surface area contributed by atoms with Gasteiger partial charge in [-0.25, -0.2) is 0 Å². The number of amides is 2. The smallest absolute Gasteiger partial charge is 0.242 e. The van der Waals surface area contributed by atoms with E-state index in [0.717, 1.165) is 23.3 Å². The Morgan fingerprint density at radius 3 is 2.47 bits per heavy atom. The zero-order valence-corrected chi connectivity index (χ0v) is 20.4. The monoisotopic (exact) mass is 465 g/mol. The molecule has 2 amide bonds. The molecular formula is C27H35N3O4. The number of hydrogen-bond acceptors (Lipinski definition) is 4. The van der Waals surface area contributed by atoms with E-state index in [4.69, 9.17) is 9.47 Å². The molecule has 182 valence electrons. The lowest BCUT2D eigenvalue weighted by Crippen LogP contribution is -2.43. The quantitative estimate of drug-likeness (QED) is 0.387. The molecule has 0 unspecified atom stereocenters. The van der Waals surface area contributed by atoms with Crippen molar-refractivity contribution in [2.24, 2.45) is 0 Å². The summed E-state index contributed by atoms with van der Waals surface area (Å²) in [6.07, 6.45) is 3.42. The minimum Gasteiger partial charge on any atom is -0.494 e. The van der Waals surface area contributed by atoms with Crippen molar-refractivity contribution in [1.29, 1.82) is 0 Å². The SMILES string of the molecule is CCOc1ccc(CN(CCc2c[nH]c3ccccc23)C(=O)CN(CCCOC)C(C)=O)cc1. The van der Waals surface area contributed by atoms with Crippen molar-refractivity contribution in [2.45, 2.75) is 33.2 Å². The van der Waals surface area contributed by atoms with Crippen molar-refractivity contribution >= 4 is 22.7 Å². The largest absolute Gasteiger partial charge is 0.494 e. The maximum atomic E-state index is 13.4. The number of fused-ring (bicyclic) bond motifs is 1. The molecule has 1 heterocycles. The Bertz CT molecular complexity index is 1060. The number of aromatic nitrogens is 1. The van der Waals surface area contributed by atoms with Gasteiger partial charge in [0.25, 0.3) is 0 Å². The molecule has 1 N–H and O–H groups in total. The molecule has 0 fully saturated rings. The molecule has 0 aliphatic rings. The number of ether oxygens (including phenoxy) is 2. The van der Waals surface area contributed by atoms with Crippen LogP contribution >= 0.6 is 0 Å². The third kappa shape index (κ3) is 7.09. The van der Waals surface area contributed by atoms with Crippen molar-refractivity contribution in [3.63, 3.8) is 0 Å². The van der Waals surface area contributed by atoms with Crippen LogP contribution in [0.1, 0.15) is 31.4 Å². The van der Waals surface area contributed by atoms with Gasteiger partial charge in [0, 0.05) is 57.4 Å². The van der Waals surface area contributed by atoms with Gasteiger partial charge in [-0.1, -0.05) is 30.3 Å². The third-order valence-corrected chi connectivity index (χ3v) is 5.83. The first-order valence-corrected chi connectivity index (χ1v) is 11.8. The van der Waals surface area contributed by atoms with Crippen LogP contribution in [-0.4, -0.2) is 66.6 Å². The van der Waals surface area contributed by atoms with Crippen LogP contribution < -0.4 is 4.74 Å². The van der Waals surface area contributed by atoms with E-state index in [-0.39, 0.29) is 18.4 Å². The standard InChI is InChI=1S/C27H35N3O4/c1-4-34-24-12-10-22(11-13-24)19-30(27(32)20-29(21(2)31)15-7-17-33-3)16-14-23-18-28-26-9-6-5-8-25(23)26/h5-6,8-13,18,28H,4,7,14-17,19-20H2,1-3H3. The Hall–Kier alpha value is -3.32. The predicted molar refractivity (Wildman–Crippen MR) is 134 cm³/mol. The molecule has 3 rings (SSSR count). The molecular weight excluding hydrogens is 430 g/mol. The summed E-state index contributed by atoms with van der Waals surface area (Å²) in [7, 11) is 1.63. The van der Waals surface area contributed by atoms with Crippen LogP contribution in [0.4, 0.5) is 0 Å². The number of H-pyrrole nitrogens is 1. The van der Waals surface area contributed by atoms with Gasteiger partial charge in [0.05, 0.1) is 13.2 Å². The molecule has 3 aromatic rings. The van der Waals surface area contributed by atoms with Crippen LogP contribution in [0.25, 0.3) is 10.9 Å². The number of carbonyl (C=O) groups excluding carboxylic acids is 2. The highest BCUT2D eigenvalue weighted by atomic mass is 16.5. The van der Waals surface area contributed by atoms with E-state index in [0.29, 0.717) is 39.3 Å². The number of benzene rings is 2. The lowest BCUT2D eigenvalue weighted by Gasteiger charge is -2.27. The average molecular weight is 466 g/mol. The molecule has 0 aliphatic carbocycles. The molecule has 34 heavy (non-hydrogen) atoms. The fourth-order valence-electron chi connectivity index (χ4n) is 3.97. The zero-order valence-electron chi connectivity index (χ0n) is 20.4. The lowest BCUT2D eigenvalue weighted by molar-refractivity contribution is -0.140. The predicted octanol–water partition coefficient (Wildman–Crippen LogP) is 4.02. The highest BCUT2D eigenvalue weighted by Gasteiger charge is 2.20. The van der Waals surface area contributed by atoms with Gasteiger partial charge in [-0.3, -0.25) is 9.59 Å². The molecule has 7 nitrogen and oxygen atoms in total. The van der Waals surface area contributed by atoms with E-state index < -0.39 is 0 Å². The number of methoxy groups -OCH3 is 1. The number of nitrogens with one attached hydrogen (secondary N) is 1. The molecule has 1 aromatic heterocycles. The van der Waals surface area contributed by atoms with E-state index in [2.05, 4.69) is 11.1 Å². The summed E-state index contributed by atoms with van der Waals surface area (Å²) >= 11 is 0. The Morgan fingerprint density at radius 2 is 1.76 bits per heavy atom. The summed E-state index contributed by atoms with van der Waals surface area (Å²) in [6.45, 7) is 6.19. The van der Waals surface area contributed by atoms with Gasteiger partial charge in [0.1, 0.15) is 5.75 Å². The van der Waals surface area contributed by atoms with E-state index >= 15 is 0 Å². The molecule has 0 saturated heterocycles. The number of nitrogens with zero attached hydrogens (tertiary/aromatic N) is 2. The second kappa shape index (κ2) is 12.8. The molecule has 0 radical (unpaired) electrons. The fraction of sp³-hybridized carbons (Fsp3) is 0.407. The van der Waals surface area contributed by atoms with Gasteiger partial charge in [0.2, 0.25) is 11.8 Å². The molecule has 0 bridgehead atoms. The Kier molecular flexibility index (Phi) is 9.52. The minimum atomic E-state index is -0.109. The molecule has 0 saturated carbocycles. The second-order valence-corrected chi connectivity index (χ2v) is 8.29. The number of hydrogen-bond donors (Lipinski definition) is 1.